The van der Waals surface area contributed by atoms with Crippen LogP contribution < -0.4 is 0 Å². The molecule has 35 heavy (non-hydrogen) atoms. The lowest BCUT2D eigenvalue weighted by molar-refractivity contribution is 0.104. The summed E-state index contributed by atoms with van der Waals surface area (Å²) < 4.78 is 5.92. The van der Waals surface area contributed by atoms with Gasteiger partial charge in [0.1, 0.15) is 11.5 Å². The maximum Gasteiger partial charge on any atom is 0.121 e. The van der Waals surface area contributed by atoms with Gasteiger partial charge in [0.05, 0.1) is 13.2 Å². The number of aromatic hydroxyl groups is 2. The molecule has 0 aromatic heterocycles. The van der Waals surface area contributed by atoms with Crippen LogP contribution in [0.15, 0.2) is 36.4 Å². The fourth-order valence-electron chi connectivity index (χ4n) is 4.66. The minimum atomic E-state index is 0.283. The summed E-state index contributed by atoms with van der Waals surface area (Å²) >= 11 is 0. The zero-order valence-electron chi connectivity index (χ0n) is 22.5. The minimum Gasteiger partial charge on any atom is -0.508 e. The molecule has 0 unspecified atom stereocenters. The number of hydrogen-bond acceptors (Lipinski definition) is 3. The Morgan fingerprint density at radius 1 is 0.514 bits per heavy atom. The van der Waals surface area contributed by atoms with E-state index < -0.39 is 0 Å². The quantitative estimate of drug-likeness (QED) is 0.185. The Labute approximate surface area is 214 Å². The van der Waals surface area contributed by atoms with Gasteiger partial charge in [-0.05, 0) is 61.1 Å². The van der Waals surface area contributed by atoms with Gasteiger partial charge in [-0.25, -0.2) is 0 Å². The van der Waals surface area contributed by atoms with Crippen LogP contribution in [-0.2, 0) is 30.8 Å². The molecule has 0 radical (unpaired) electrons. The van der Waals surface area contributed by atoms with Crippen molar-refractivity contribution in [2.24, 2.45) is 0 Å². The molecular formula is C32H50O3. The van der Waals surface area contributed by atoms with E-state index >= 15 is 0 Å². The highest BCUT2D eigenvalue weighted by Gasteiger charge is 2.07. The molecule has 0 aliphatic heterocycles. The molecular weight excluding hydrogens is 432 g/mol. The largest absolute Gasteiger partial charge is 0.508 e. The number of ether oxygens (including phenoxy) is 1. The van der Waals surface area contributed by atoms with Crippen LogP contribution in [0.4, 0.5) is 0 Å². The summed E-state index contributed by atoms with van der Waals surface area (Å²) in [4.78, 5) is 0. The Bertz CT molecular complexity index is 747. The van der Waals surface area contributed by atoms with E-state index in [1.165, 1.54) is 101 Å². The predicted molar refractivity (Wildman–Crippen MR) is 148 cm³/mol. The monoisotopic (exact) mass is 482 g/mol. The molecule has 2 rings (SSSR count). The maximum absolute atomic E-state index is 10.3. The molecule has 0 fully saturated rings. The highest BCUT2D eigenvalue weighted by molar-refractivity contribution is 5.37. The summed E-state index contributed by atoms with van der Waals surface area (Å²) in [6, 6.07) is 11.8. The standard InChI is InChI=1S/C32H50O3/c1-3-5-7-9-11-13-15-17-27-19-21-31(33)29(23-27)25-35-26-30-24-28(20-22-32(30)34)18-16-14-12-10-8-6-4-2/h19-24,33-34H,3-18,25-26H2,1-2H3. The summed E-state index contributed by atoms with van der Waals surface area (Å²) in [6.07, 6.45) is 20.3. The normalized spacial score (nSPS) is 11.3. The number of benzene rings is 2. The van der Waals surface area contributed by atoms with Crippen LogP contribution in [0.5, 0.6) is 11.5 Å². The Kier molecular flexibility index (Phi) is 15.3. The van der Waals surface area contributed by atoms with Gasteiger partial charge in [0, 0.05) is 11.1 Å². The van der Waals surface area contributed by atoms with Crippen molar-refractivity contribution in [3.05, 3.63) is 58.7 Å². The van der Waals surface area contributed by atoms with Gasteiger partial charge in [0.15, 0.2) is 0 Å². The van der Waals surface area contributed by atoms with Crippen LogP contribution >= 0.6 is 0 Å². The van der Waals surface area contributed by atoms with Gasteiger partial charge in [0.2, 0.25) is 0 Å². The van der Waals surface area contributed by atoms with E-state index in [1.807, 2.05) is 12.1 Å². The van der Waals surface area contributed by atoms with Crippen molar-refractivity contribution in [2.75, 3.05) is 0 Å². The molecule has 196 valence electrons. The minimum absolute atomic E-state index is 0.283. The summed E-state index contributed by atoms with van der Waals surface area (Å²) in [5.74, 6) is 0.565. The molecule has 0 heterocycles. The number of rotatable bonds is 20. The first kappa shape index (κ1) is 29.2. The van der Waals surface area contributed by atoms with Gasteiger partial charge in [-0.3, -0.25) is 0 Å². The highest BCUT2D eigenvalue weighted by atomic mass is 16.5. The first-order valence-electron chi connectivity index (χ1n) is 14.3. The lowest BCUT2D eigenvalue weighted by Crippen LogP contribution is -1.98. The molecule has 0 atom stereocenters. The topological polar surface area (TPSA) is 49.7 Å². The van der Waals surface area contributed by atoms with Gasteiger partial charge in [0.25, 0.3) is 0 Å². The third-order valence-corrected chi connectivity index (χ3v) is 6.94. The molecule has 0 spiro atoms. The average molecular weight is 483 g/mol. The van der Waals surface area contributed by atoms with Crippen LogP contribution in [0, 0.1) is 0 Å². The lowest BCUT2D eigenvalue weighted by Gasteiger charge is -2.11. The number of hydrogen-bond donors (Lipinski definition) is 2. The molecule has 0 saturated carbocycles. The van der Waals surface area contributed by atoms with Crippen molar-refractivity contribution in [1.29, 1.82) is 0 Å². The Hall–Kier alpha value is -2.00. The van der Waals surface area contributed by atoms with Crippen molar-refractivity contribution < 1.29 is 14.9 Å². The molecule has 2 aromatic rings. The van der Waals surface area contributed by atoms with E-state index in [-0.39, 0.29) is 11.5 Å². The van der Waals surface area contributed by atoms with Gasteiger partial charge in [-0.1, -0.05) is 103 Å². The van der Waals surface area contributed by atoms with Gasteiger partial charge in [-0.15, -0.1) is 0 Å². The number of phenols is 2. The predicted octanol–water partition coefficient (Wildman–Crippen LogP) is 9.40. The van der Waals surface area contributed by atoms with E-state index in [0.29, 0.717) is 13.2 Å². The number of phenolic OH excluding ortho intramolecular Hbond substituents is 2. The maximum atomic E-state index is 10.3. The fraction of sp³-hybridized carbons (Fsp3) is 0.625. The lowest BCUT2D eigenvalue weighted by atomic mass is 10.0. The Morgan fingerprint density at radius 2 is 0.886 bits per heavy atom. The summed E-state index contributed by atoms with van der Waals surface area (Å²) in [6.45, 7) is 5.20. The van der Waals surface area contributed by atoms with Crippen molar-refractivity contribution in [1.82, 2.24) is 0 Å². The Balaban J connectivity index is 1.74. The average Bonchev–Trinajstić information content (AvgIpc) is 2.86. The van der Waals surface area contributed by atoms with Gasteiger partial charge in [-0.2, -0.15) is 0 Å². The van der Waals surface area contributed by atoms with Crippen LogP contribution in [0.3, 0.4) is 0 Å². The fourth-order valence-corrected chi connectivity index (χ4v) is 4.66. The smallest absolute Gasteiger partial charge is 0.121 e. The third kappa shape index (κ3) is 12.5. The molecule has 2 N–H and O–H groups in total. The second kappa shape index (κ2) is 18.3. The molecule has 0 bridgehead atoms. The van der Waals surface area contributed by atoms with Crippen molar-refractivity contribution in [2.45, 2.75) is 130 Å². The summed E-state index contributed by atoms with van der Waals surface area (Å²) in [7, 11) is 0. The van der Waals surface area contributed by atoms with E-state index in [0.717, 1.165) is 24.0 Å². The highest BCUT2D eigenvalue weighted by Crippen LogP contribution is 2.24. The van der Waals surface area contributed by atoms with E-state index in [2.05, 4.69) is 26.0 Å². The molecule has 0 aliphatic carbocycles. The van der Waals surface area contributed by atoms with E-state index in [4.69, 9.17) is 4.74 Å². The molecule has 2 aromatic carbocycles. The van der Waals surface area contributed by atoms with Crippen LogP contribution in [0.1, 0.15) is 126 Å². The molecule has 0 aliphatic rings. The molecule has 3 nitrogen and oxygen atoms in total. The van der Waals surface area contributed by atoms with E-state index in [1.54, 1.807) is 12.1 Å². The molecule has 0 saturated heterocycles. The van der Waals surface area contributed by atoms with Crippen LogP contribution in [0.25, 0.3) is 0 Å². The molecule has 0 amide bonds. The second-order valence-electron chi connectivity index (χ2n) is 10.2. The molecule has 3 heteroatoms. The zero-order chi connectivity index (χ0) is 25.1. The van der Waals surface area contributed by atoms with Crippen LogP contribution in [0.2, 0.25) is 0 Å². The Morgan fingerprint density at radius 3 is 1.29 bits per heavy atom. The van der Waals surface area contributed by atoms with Gasteiger partial charge >= 0.3 is 0 Å². The van der Waals surface area contributed by atoms with Crippen molar-refractivity contribution in [3.8, 4) is 11.5 Å². The zero-order valence-corrected chi connectivity index (χ0v) is 22.5. The number of aryl methyl sites for hydroxylation is 2. The summed E-state index contributed by atoms with van der Waals surface area (Å²) in [5.41, 5.74) is 4.16. The van der Waals surface area contributed by atoms with Gasteiger partial charge < -0.3 is 14.9 Å². The van der Waals surface area contributed by atoms with E-state index in [9.17, 15) is 10.2 Å². The number of unbranched alkanes of at least 4 members (excludes halogenated alkanes) is 12. The SMILES string of the molecule is CCCCCCCCCc1ccc(O)c(COCc2cc(CCCCCCCCC)ccc2O)c1. The first-order chi connectivity index (χ1) is 17.1. The second-order valence-corrected chi connectivity index (χ2v) is 10.2. The van der Waals surface area contributed by atoms with Crippen molar-refractivity contribution >= 4 is 0 Å². The third-order valence-electron chi connectivity index (χ3n) is 6.94. The summed E-state index contributed by atoms with van der Waals surface area (Å²) in [5, 5.41) is 20.6. The van der Waals surface area contributed by atoms with Crippen molar-refractivity contribution in [3.63, 3.8) is 0 Å². The first-order valence-corrected chi connectivity index (χ1v) is 14.3. The van der Waals surface area contributed by atoms with Crippen LogP contribution in [-0.4, -0.2) is 10.2 Å².